The number of hydrogen-bond acceptors (Lipinski definition) is 3. The van der Waals surface area contributed by atoms with Crippen LogP contribution in [0, 0.1) is 5.82 Å². The number of ether oxygens (including phenoxy) is 2. The summed E-state index contributed by atoms with van der Waals surface area (Å²) in [4.78, 5) is 12.1. The molecule has 25 heavy (non-hydrogen) atoms. The largest absolute Gasteiger partial charge is 0.497 e. The summed E-state index contributed by atoms with van der Waals surface area (Å²) in [5, 5.41) is 2.83. The van der Waals surface area contributed by atoms with Gasteiger partial charge in [0.2, 0.25) is 5.91 Å². The highest BCUT2D eigenvalue weighted by molar-refractivity contribution is 9.10. The number of carbonyl (C=O) groups excluding carboxylic acids is 1. The van der Waals surface area contributed by atoms with Crippen LogP contribution in [-0.4, -0.2) is 20.1 Å². The first kappa shape index (κ1) is 19.0. The van der Waals surface area contributed by atoms with E-state index in [0.717, 1.165) is 10.0 Å². The van der Waals surface area contributed by atoms with Crippen molar-refractivity contribution >= 4 is 27.9 Å². The standard InChI is InChI=1S/C19H19BrFNO3/c1-12(16-11-15(24-2)6-8-18(16)25-3)22-19(23)9-4-13-10-14(20)5-7-17(13)21/h4-12H,1-3H3,(H,22,23)/b9-4+/t12-/m0/s1. The van der Waals surface area contributed by atoms with Crippen LogP contribution in [0.25, 0.3) is 6.08 Å². The van der Waals surface area contributed by atoms with Gasteiger partial charge in [0.25, 0.3) is 0 Å². The van der Waals surface area contributed by atoms with Crippen LogP contribution in [-0.2, 0) is 4.79 Å². The SMILES string of the molecule is COc1ccc(OC)c([C@H](C)NC(=O)/C=C/c2cc(Br)ccc2F)c1. The highest BCUT2D eigenvalue weighted by Gasteiger charge is 2.14. The average molecular weight is 408 g/mol. The Morgan fingerprint density at radius 3 is 2.64 bits per heavy atom. The van der Waals surface area contributed by atoms with Gasteiger partial charge in [-0.15, -0.1) is 0 Å². The van der Waals surface area contributed by atoms with Crippen molar-refractivity contribution in [1.29, 1.82) is 0 Å². The lowest BCUT2D eigenvalue weighted by molar-refractivity contribution is -0.117. The summed E-state index contributed by atoms with van der Waals surface area (Å²) in [6.45, 7) is 1.84. The third kappa shape index (κ3) is 5.06. The summed E-state index contributed by atoms with van der Waals surface area (Å²) >= 11 is 3.28. The molecule has 4 nitrogen and oxygen atoms in total. The molecule has 2 rings (SSSR count). The van der Waals surface area contributed by atoms with Gasteiger partial charge in [-0.3, -0.25) is 4.79 Å². The van der Waals surface area contributed by atoms with E-state index in [0.29, 0.717) is 17.1 Å². The zero-order valence-corrected chi connectivity index (χ0v) is 15.8. The maximum atomic E-state index is 13.7. The number of rotatable bonds is 6. The molecule has 0 aromatic heterocycles. The third-order valence-electron chi connectivity index (χ3n) is 3.63. The lowest BCUT2D eigenvalue weighted by Crippen LogP contribution is -2.25. The van der Waals surface area contributed by atoms with Crippen molar-refractivity contribution < 1.29 is 18.7 Å². The fourth-order valence-electron chi connectivity index (χ4n) is 2.32. The van der Waals surface area contributed by atoms with E-state index in [9.17, 15) is 9.18 Å². The van der Waals surface area contributed by atoms with Gasteiger partial charge in [-0.25, -0.2) is 4.39 Å². The molecule has 132 valence electrons. The summed E-state index contributed by atoms with van der Waals surface area (Å²) in [5.41, 5.74) is 1.12. The number of halogens is 2. The van der Waals surface area contributed by atoms with Crippen molar-refractivity contribution in [1.82, 2.24) is 5.32 Å². The molecule has 2 aromatic rings. The second-order valence-corrected chi connectivity index (χ2v) is 6.25. The average Bonchev–Trinajstić information content (AvgIpc) is 2.61. The Morgan fingerprint density at radius 1 is 1.20 bits per heavy atom. The lowest BCUT2D eigenvalue weighted by Gasteiger charge is -2.17. The van der Waals surface area contributed by atoms with Crippen molar-refractivity contribution in [2.45, 2.75) is 13.0 Å². The van der Waals surface area contributed by atoms with Crippen LogP contribution in [0.1, 0.15) is 24.1 Å². The zero-order valence-electron chi connectivity index (χ0n) is 14.2. The minimum atomic E-state index is -0.394. The number of hydrogen-bond donors (Lipinski definition) is 1. The van der Waals surface area contributed by atoms with Gasteiger partial charge in [-0.1, -0.05) is 15.9 Å². The van der Waals surface area contributed by atoms with Crippen LogP contribution in [0.2, 0.25) is 0 Å². The summed E-state index contributed by atoms with van der Waals surface area (Å²) < 4.78 is 25.0. The Hall–Kier alpha value is -2.34. The first-order valence-corrected chi connectivity index (χ1v) is 8.39. The maximum Gasteiger partial charge on any atom is 0.244 e. The predicted octanol–water partition coefficient (Wildman–Crippen LogP) is 4.50. The van der Waals surface area contributed by atoms with Crippen molar-refractivity contribution in [2.24, 2.45) is 0 Å². The number of amides is 1. The van der Waals surface area contributed by atoms with E-state index in [2.05, 4.69) is 21.2 Å². The van der Waals surface area contributed by atoms with E-state index in [1.165, 1.54) is 18.2 Å². The van der Waals surface area contributed by atoms with Gasteiger partial charge < -0.3 is 14.8 Å². The fourth-order valence-corrected chi connectivity index (χ4v) is 2.70. The van der Waals surface area contributed by atoms with Crippen molar-refractivity contribution in [3.8, 4) is 11.5 Å². The maximum absolute atomic E-state index is 13.7. The Kier molecular flexibility index (Phi) is 6.58. The molecule has 0 saturated carbocycles. The van der Waals surface area contributed by atoms with Gasteiger partial charge in [0.15, 0.2) is 0 Å². The summed E-state index contributed by atoms with van der Waals surface area (Å²) in [5.74, 6) is 0.589. The fraction of sp³-hybridized carbons (Fsp3) is 0.211. The first-order chi connectivity index (χ1) is 11.9. The molecule has 0 heterocycles. The molecule has 0 aliphatic rings. The molecule has 6 heteroatoms. The molecule has 0 radical (unpaired) electrons. The van der Waals surface area contributed by atoms with Gasteiger partial charge in [0.1, 0.15) is 17.3 Å². The van der Waals surface area contributed by atoms with Crippen LogP contribution >= 0.6 is 15.9 Å². The topological polar surface area (TPSA) is 47.6 Å². The van der Waals surface area contributed by atoms with Gasteiger partial charge in [-0.05, 0) is 49.4 Å². The molecule has 2 aromatic carbocycles. The second-order valence-electron chi connectivity index (χ2n) is 5.34. The molecule has 1 amide bonds. The van der Waals surface area contributed by atoms with Crippen LogP contribution in [0.3, 0.4) is 0 Å². The normalized spacial score (nSPS) is 12.0. The van der Waals surface area contributed by atoms with Crippen LogP contribution in [0.5, 0.6) is 11.5 Å². The smallest absolute Gasteiger partial charge is 0.244 e. The quantitative estimate of drug-likeness (QED) is 0.717. The molecular weight excluding hydrogens is 389 g/mol. The highest BCUT2D eigenvalue weighted by atomic mass is 79.9. The molecule has 0 spiro atoms. The van der Waals surface area contributed by atoms with E-state index in [-0.39, 0.29) is 11.9 Å². The number of benzene rings is 2. The monoisotopic (exact) mass is 407 g/mol. The zero-order chi connectivity index (χ0) is 18.4. The molecule has 0 fully saturated rings. The Balaban J connectivity index is 2.12. The molecule has 1 atom stereocenters. The summed E-state index contributed by atoms with van der Waals surface area (Å²) in [6, 6.07) is 9.61. The van der Waals surface area contributed by atoms with E-state index in [1.807, 2.05) is 13.0 Å². The Labute approximate surface area is 154 Å². The molecule has 0 saturated heterocycles. The molecule has 0 bridgehead atoms. The highest BCUT2D eigenvalue weighted by Crippen LogP contribution is 2.29. The van der Waals surface area contributed by atoms with Gasteiger partial charge in [0, 0.05) is 21.7 Å². The minimum Gasteiger partial charge on any atom is -0.497 e. The predicted molar refractivity (Wildman–Crippen MR) is 99.2 cm³/mol. The summed E-state index contributed by atoms with van der Waals surface area (Å²) in [7, 11) is 3.14. The Bertz CT molecular complexity index is 792. The van der Waals surface area contributed by atoms with E-state index in [1.54, 1.807) is 38.5 Å². The van der Waals surface area contributed by atoms with Crippen LogP contribution < -0.4 is 14.8 Å². The van der Waals surface area contributed by atoms with E-state index in [4.69, 9.17) is 9.47 Å². The van der Waals surface area contributed by atoms with Crippen LogP contribution in [0.4, 0.5) is 4.39 Å². The van der Waals surface area contributed by atoms with Crippen LogP contribution in [0.15, 0.2) is 46.9 Å². The number of methoxy groups -OCH3 is 2. The third-order valence-corrected chi connectivity index (χ3v) is 4.13. The lowest BCUT2D eigenvalue weighted by atomic mass is 10.1. The van der Waals surface area contributed by atoms with Crippen molar-refractivity contribution in [3.63, 3.8) is 0 Å². The molecule has 0 unspecified atom stereocenters. The molecular formula is C19H19BrFNO3. The van der Waals surface area contributed by atoms with E-state index < -0.39 is 5.82 Å². The minimum absolute atomic E-state index is 0.311. The summed E-state index contributed by atoms with van der Waals surface area (Å²) in [6.07, 6.45) is 2.74. The van der Waals surface area contributed by atoms with Gasteiger partial charge in [0.05, 0.1) is 20.3 Å². The number of nitrogens with one attached hydrogen (secondary N) is 1. The second kappa shape index (κ2) is 8.67. The molecule has 0 aliphatic carbocycles. The van der Waals surface area contributed by atoms with Gasteiger partial charge in [-0.2, -0.15) is 0 Å². The Morgan fingerprint density at radius 2 is 1.96 bits per heavy atom. The van der Waals surface area contributed by atoms with Crippen molar-refractivity contribution in [2.75, 3.05) is 14.2 Å². The van der Waals surface area contributed by atoms with Gasteiger partial charge >= 0.3 is 0 Å². The van der Waals surface area contributed by atoms with E-state index >= 15 is 0 Å². The number of carbonyl (C=O) groups is 1. The molecule has 0 aliphatic heterocycles. The van der Waals surface area contributed by atoms with Crippen molar-refractivity contribution in [3.05, 3.63) is 63.9 Å². The first-order valence-electron chi connectivity index (χ1n) is 7.60. The molecule has 1 N–H and O–H groups in total.